The summed E-state index contributed by atoms with van der Waals surface area (Å²) >= 11 is 0. The van der Waals surface area contributed by atoms with Crippen molar-refractivity contribution in [1.29, 1.82) is 0 Å². The third-order valence-electron chi connectivity index (χ3n) is 2.95. The van der Waals surface area contributed by atoms with Gasteiger partial charge in [0.1, 0.15) is 0 Å². The van der Waals surface area contributed by atoms with Gasteiger partial charge in [-0.3, -0.25) is 4.57 Å². The molecule has 0 aliphatic carbocycles. The normalized spacial score (nSPS) is 13.7. The number of rotatable bonds is 12. The summed E-state index contributed by atoms with van der Waals surface area (Å²) in [6.45, 7) is 0.446. The average Bonchev–Trinajstić information content (AvgIpc) is 2.47. The lowest BCUT2D eigenvalue weighted by molar-refractivity contribution is 0.0871. The maximum Gasteiger partial charge on any atom is 0.493 e. The topological polar surface area (TPSA) is 130 Å². The Bertz CT molecular complexity index is 334. The van der Waals surface area contributed by atoms with E-state index >= 15 is 0 Å². The van der Waals surface area contributed by atoms with Crippen LogP contribution in [0.15, 0.2) is 0 Å². The second-order valence-electron chi connectivity index (χ2n) is 4.32. The molecule has 128 valence electrons. The highest BCUT2D eigenvalue weighted by atomic mass is 31.2. The van der Waals surface area contributed by atoms with Gasteiger partial charge >= 0.3 is 25.2 Å². The molecule has 0 aliphatic heterocycles. The molecule has 0 spiro atoms. The minimum absolute atomic E-state index is 0.0334. The Labute approximate surface area is 127 Å². The molecule has 0 aromatic carbocycles. The second kappa shape index (κ2) is 9.48. The molecule has 0 aromatic rings. The summed E-state index contributed by atoms with van der Waals surface area (Å²) in [6, 6.07) is 0.433. The molecule has 0 unspecified atom stereocenters. The van der Waals surface area contributed by atoms with Crippen molar-refractivity contribution in [3.05, 3.63) is 0 Å². The van der Waals surface area contributed by atoms with Crippen molar-refractivity contribution in [1.82, 2.24) is 0 Å². The fraction of sp³-hybridized carbons (Fsp3) is 1.00. The van der Waals surface area contributed by atoms with Gasteiger partial charge in [-0.15, -0.1) is 0 Å². The van der Waals surface area contributed by atoms with Crippen LogP contribution in [0, 0.1) is 0 Å². The lowest BCUT2D eigenvalue weighted by atomic mass is 10.5. The highest BCUT2D eigenvalue weighted by Gasteiger charge is 2.52. The van der Waals surface area contributed by atoms with Gasteiger partial charge in [0, 0.05) is 40.5 Å². The highest BCUT2D eigenvalue weighted by molar-refractivity contribution is 7.51. The molecule has 0 saturated carbocycles. The predicted octanol–water partition coefficient (Wildman–Crippen LogP) is -0.00710. The van der Waals surface area contributed by atoms with Gasteiger partial charge in [-0.25, -0.2) is 0 Å². The van der Waals surface area contributed by atoms with E-state index in [4.69, 9.17) is 37.3 Å². The first-order chi connectivity index (χ1) is 9.72. The molecule has 0 aliphatic rings. The molecule has 0 bridgehead atoms. The maximum absolute atomic E-state index is 11.1. The van der Waals surface area contributed by atoms with Crippen LogP contribution in [0.4, 0.5) is 0 Å². The first-order valence-corrected chi connectivity index (χ1v) is 12.0. The van der Waals surface area contributed by atoms with Crippen molar-refractivity contribution in [2.45, 2.75) is 18.5 Å². The van der Waals surface area contributed by atoms with E-state index < -0.39 is 31.4 Å². The Morgan fingerprint density at radius 3 is 1.71 bits per heavy atom. The first-order valence-electron chi connectivity index (χ1n) is 6.37. The van der Waals surface area contributed by atoms with Crippen molar-refractivity contribution in [3.8, 4) is 0 Å². The fourth-order valence-electron chi connectivity index (χ4n) is 1.68. The van der Waals surface area contributed by atoms with Crippen molar-refractivity contribution < 1.29 is 36.2 Å². The van der Waals surface area contributed by atoms with E-state index in [-0.39, 0.29) is 6.04 Å². The van der Waals surface area contributed by atoms with E-state index in [0.717, 1.165) is 0 Å². The number of hydrogen-bond acceptors (Lipinski definition) is 7. The van der Waals surface area contributed by atoms with Crippen LogP contribution in [-0.2, 0) is 26.4 Å². The van der Waals surface area contributed by atoms with Gasteiger partial charge in [0.15, 0.2) is 0 Å². The summed E-state index contributed by atoms with van der Waals surface area (Å²) in [7, 11) is -4.87. The molecular formula is C9H26NO8PSi2. The highest BCUT2D eigenvalue weighted by Crippen LogP contribution is 2.38. The third-order valence-corrected chi connectivity index (χ3v) is 11.0. The van der Waals surface area contributed by atoms with Gasteiger partial charge in [0.05, 0.1) is 6.16 Å². The summed E-state index contributed by atoms with van der Waals surface area (Å²) in [5, 5.41) is 0. The van der Waals surface area contributed by atoms with E-state index in [1.54, 1.807) is 0 Å². The molecule has 0 rings (SSSR count). The number of hydrogen-bond donors (Lipinski definition) is 3. The van der Waals surface area contributed by atoms with Crippen LogP contribution in [0.1, 0.15) is 6.42 Å². The lowest BCUT2D eigenvalue weighted by Gasteiger charge is -2.35. The van der Waals surface area contributed by atoms with E-state index in [1.165, 1.54) is 28.4 Å². The van der Waals surface area contributed by atoms with E-state index in [1.807, 2.05) is 0 Å². The van der Waals surface area contributed by atoms with Gasteiger partial charge in [0.25, 0.3) is 0 Å². The van der Waals surface area contributed by atoms with Crippen molar-refractivity contribution >= 4 is 25.2 Å². The zero-order valence-electron chi connectivity index (χ0n) is 12.9. The summed E-state index contributed by atoms with van der Waals surface area (Å²) in [5.41, 5.74) is 5.49. The van der Waals surface area contributed by atoms with Crippen LogP contribution in [-0.4, -0.2) is 68.5 Å². The molecule has 0 heterocycles. The Morgan fingerprint density at radius 2 is 1.38 bits per heavy atom. The summed E-state index contributed by atoms with van der Waals surface area (Å²) < 4.78 is 38.4. The van der Waals surface area contributed by atoms with Crippen molar-refractivity contribution in [3.63, 3.8) is 0 Å². The van der Waals surface area contributed by atoms with Crippen LogP contribution in [0.25, 0.3) is 0 Å². The van der Waals surface area contributed by atoms with Crippen molar-refractivity contribution in [2.75, 3.05) is 41.1 Å². The zero-order chi connectivity index (χ0) is 16.6. The lowest BCUT2D eigenvalue weighted by Crippen LogP contribution is -2.57. The molecule has 0 saturated heterocycles. The zero-order valence-corrected chi connectivity index (χ0v) is 15.8. The Morgan fingerprint density at radius 1 is 0.952 bits per heavy atom. The van der Waals surface area contributed by atoms with E-state index in [0.29, 0.717) is 19.0 Å². The Hall–Kier alpha value is 0.344. The average molecular weight is 363 g/mol. The second-order valence-corrected chi connectivity index (χ2v) is 12.3. The van der Waals surface area contributed by atoms with Gasteiger partial charge in [0.2, 0.25) is 0 Å². The van der Waals surface area contributed by atoms with Crippen molar-refractivity contribution in [2.24, 2.45) is 5.73 Å². The number of nitrogens with two attached hydrogens (primary N) is 1. The van der Waals surface area contributed by atoms with Crippen LogP contribution in [0.5, 0.6) is 0 Å². The van der Waals surface area contributed by atoms with Gasteiger partial charge in [-0.05, 0) is 13.0 Å². The Balaban J connectivity index is 5.10. The molecule has 9 nitrogen and oxygen atoms in total. The third kappa shape index (κ3) is 7.43. The summed E-state index contributed by atoms with van der Waals surface area (Å²) in [6.07, 6.45) is 0.236. The molecule has 12 heteroatoms. The molecule has 0 radical (unpaired) electrons. The maximum atomic E-state index is 11.1. The molecule has 0 fully saturated rings. The molecule has 0 amide bonds. The van der Waals surface area contributed by atoms with Gasteiger partial charge in [-0.1, -0.05) is 0 Å². The largest absolute Gasteiger partial charge is 0.493 e. The molecule has 0 aromatic heterocycles. The van der Waals surface area contributed by atoms with Crippen LogP contribution in [0.3, 0.4) is 0 Å². The molecule has 4 N–H and O–H groups in total. The predicted molar refractivity (Wildman–Crippen MR) is 80.8 cm³/mol. The van der Waals surface area contributed by atoms with Crippen LogP contribution < -0.4 is 5.73 Å². The standard InChI is InChI=1S/C9H26NO8PSi2/c1-14-20(15-2,8-5-6-10)18-21(16-3,17-4)9-7-19(11,12)13/h5-10H2,1-4H3,(H2,11,12,13). The minimum atomic E-state index is -4.18. The summed E-state index contributed by atoms with van der Waals surface area (Å²) in [5.74, 6) is 0. The molecule has 0 atom stereocenters. The molecular weight excluding hydrogens is 337 g/mol. The van der Waals surface area contributed by atoms with Gasteiger partial charge < -0.3 is 37.3 Å². The summed E-state index contributed by atoms with van der Waals surface area (Å²) in [4.78, 5) is 18.1. The quantitative estimate of drug-likeness (QED) is 0.324. The molecule has 21 heavy (non-hydrogen) atoms. The smallest absolute Gasteiger partial charge is 0.377 e. The van der Waals surface area contributed by atoms with Gasteiger partial charge in [-0.2, -0.15) is 0 Å². The van der Waals surface area contributed by atoms with E-state index in [2.05, 4.69) is 0 Å². The Kier molecular flexibility index (Phi) is 9.63. The minimum Gasteiger partial charge on any atom is -0.377 e. The van der Waals surface area contributed by atoms with E-state index in [9.17, 15) is 4.57 Å². The monoisotopic (exact) mass is 363 g/mol. The fourth-order valence-corrected chi connectivity index (χ4v) is 9.77. The SMILES string of the molecule is CO[Si](CCCN)(OC)O[Si](CCP(=O)(O)O)(OC)OC. The first kappa shape index (κ1) is 21.3. The van der Waals surface area contributed by atoms with Crippen LogP contribution >= 0.6 is 7.60 Å². The van der Waals surface area contributed by atoms with Crippen LogP contribution in [0.2, 0.25) is 12.1 Å².